The zero-order valence-corrected chi connectivity index (χ0v) is 15.9. The third-order valence-electron chi connectivity index (χ3n) is 4.60. The van der Waals surface area contributed by atoms with E-state index in [2.05, 4.69) is 24.5 Å². The minimum absolute atomic E-state index is 0.112. The minimum Gasteiger partial charge on any atom is -0.505 e. The van der Waals surface area contributed by atoms with Gasteiger partial charge in [-0.3, -0.25) is 4.79 Å². The van der Waals surface area contributed by atoms with E-state index in [1.807, 2.05) is 36.4 Å². The van der Waals surface area contributed by atoms with Gasteiger partial charge in [-0.05, 0) is 23.1 Å². The predicted octanol–water partition coefficient (Wildman–Crippen LogP) is 4.83. The Kier molecular flexibility index (Phi) is 5.23. The lowest BCUT2D eigenvalue weighted by atomic mass is 9.92. The summed E-state index contributed by atoms with van der Waals surface area (Å²) in [6.45, 7) is 6.35. The van der Waals surface area contributed by atoms with Crippen molar-refractivity contribution in [3.63, 3.8) is 0 Å². The molecule has 0 spiro atoms. The molecular weight excluding hydrogens is 348 g/mol. The van der Waals surface area contributed by atoms with Gasteiger partial charge in [0.15, 0.2) is 0 Å². The first-order valence-corrected chi connectivity index (χ1v) is 9.09. The summed E-state index contributed by atoms with van der Waals surface area (Å²) in [5.41, 5.74) is 4.04. The molecule has 1 unspecified atom stereocenters. The second-order valence-corrected chi connectivity index (χ2v) is 7.23. The Morgan fingerprint density at radius 3 is 2.50 bits per heavy atom. The van der Waals surface area contributed by atoms with Crippen LogP contribution in [0.4, 0.5) is 5.69 Å². The van der Waals surface area contributed by atoms with Crippen LogP contribution in [0.15, 0.2) is 36.4 Å². The van der Waals surface area contributed by atoms with Crippen LogP contribution in [0.3, 0.4) is 0 Å². The molecule has 0 aromatic heterocycles. The van der Waals surface area contributed by atoms with Gasteiger partial charge < -0.3 is 15.7 Å². The highest BCUT2D eigenvalue weighted by Crippen LogP contribution is 2.42. The number of benzene rings is 2. The third-order valence-corrected chi connectivity index (χ3v) is 4.91. The highest BCUT2D eigenvalue weighted by Gasteiger charge is 2.24. The number of hydrogen-bond acceptors (Lipinski definition) is 3. The van der Waals surface area contributed by atoms with Crippen LogP contribution in [0, 0.1) is 0 Å². The second-order valence-electron chi connectivity index (χ2n) is 6.82. The third kappa shape index (κ3) is 3.56. The van der Waals surface area contributed by atoms with E-state index in [1.54, 1.807) is 6.07 Å². The zero-order chi connectivity index (χ0) is 18.8. The molecule has 2 aromatic rings. The van der Waals surface area contributed by atoms with Crippen molar-refractivity contribution in [1.29, 1.82) is 0 Å². The predicted molar refractivity (Wildman–Crippen MR) is 107 cm³/mol. The Morgan fingerprint density at radius 1 is 1.23 bits per heavy atom. The lowest BCUT2D eigenvalue weighted by Crippen LogP contribution is -2.27. The maximum atomic E-state index is 11.8. The van der Waals surface area contributed by atoms with Crippen molar-refractivity contribution in [2.24, 2.45) is 0 Å². The smallest absolute Gasteiger partial charge is 0.217 e. The summed E-state index contributed by atoms with van der Waals surface area (Å²) in [5, 5.41) is 17.5. The number of aromatic hydroxyl groups is 1. The van der Waals surface area contributed by atoms with Crippen molar-refractivity contribution in [3.8, 4) is 5.75 Å². The molecule has 4 nitrogen and oxygen atoms in total. The van der Waals surface area contributed by atoms with Crippen LogP contribution < -0.4 is 10.6 Å². The standard InChI is InChI=1S/C21H23ClN2O2/c1-12(2)14-6-8-15(9-7-14)19(24-13(3)25)17-11-18(22)16-5-4-10-23-20(16)21(17)26/h4-9,11-12,19,23,26H,10H2,1-3H3,(H,24,25). The lowest BCUT2D eigenvalue weighted by Gasteiger charge is -2.24. The van der Waals surface area contributed by atoms with E-state index >= 15 is 0 Å². The maximum Gasteiger partial charge on any atom is 0.217 e. The summed E-state index contributed by atoms with van der Waals surface area (Å²) in [7, 11) is 0. The van der Waals surface area contributed by atoms with Crippen molar-refractivity contribution in [1.82, 2.24) is 5.32 Å². The molecule has 0 aliphatic carbocycles. The molecule has 3 N–H and O–H groups in total. The van der Waals surface area contributed by atoms with Crippen LogP contribution in [-0.2, 0) is 4.79 Å². The van der Waals surface area contributed by atoms with Crippen molar-refractivity contribution in [3.05, 3.63) is 63.7 Å². The van der Waals surface area contributed by atoms with Gasteiger partial charge in [0.25, 0.3) is 0 Å². The molecule has 3 rings (SSSR count). The molecule has 0 fully saturated rings. The number of carbonyl (C=O) groups excluding carboxylic acids is 1. The Labute approximate surface area is 158 Å². The van der Waals surface area contributed by atoms with Gasteiger partial charge in [0.05, 0.1) is 16.8 Å². The zero-order valence-electron chi connectivity index (χ0n) is 15.1. The van der Waals surface area contributed by atoms with Crippen LogP contribution in [0.1, 0.15) is 55.0 Å². The van der Waals surface area contributed by atoms with Crippen molar-refractivity contribution in [2.75, 3.05) is 11.9 Å². The van der Waals surface area contributed by atoms with Crippen molar-refractivity contribution < 1.29 is 9.90 Å². The Balaban J connectivity index is 2.10. The van der Waals surface area contributed by atoms with Crippen LogP contribution in [-0.4, -0.2) is 17.6 Å². The van der Waals surface area contributed by atoms with Crippen LogP contribution in [0.25, 0.3) is 6.08 Å². The molecule has 1 heterocycles. The fourth-order valence-electron chi connectivity index (χ4n) is 3.19. The molecule has 1 atom stereocenters. The molecule has 0 saturated heterocycles. The average molecular weight is 371 g/mol. The van der Waals surface area contributed by atoms with Crippen LogP contribution in [0.2, 0.25) is 5.02 Å². The summed E-state index contributed by atoms with van der Waals surface area (Å²) < 4.78 is 0. The van der Waals surface area contributed by atoms with Gasteiger partial charge in [-0.2, -0.15) is 0 Å². The largest absolute Gasteiger partial charge is 0.505 e. The van der Waals surface area contributed by atoms with E-state index in [9.17, 15) is 9.90 Å². The number of phenolic OH excluding ortho intramolecular Hbond substituents is 1. The fourth-order valence-corrected chi connectivity index (χ4v) is 3.47. The number of nitrogens with one attached hydrogen (secondary N) is 2. The number of anilines is 1. The summed E-state index contributed by atoms with van der Waals surface area (Å²) >= 11 is 6.44. The summed E-state index contributed by atoms with van der Waals surface area (Å²) in [4.78, 5) is 11.8. The first kappa shape index (κ1) is 18.3. The van der Waals surface area contributed by atoms with E-state index in [-0.39, 0.29) is 11.7 Å². The van der Waals surface area contributed by atoms with Gasteiger partial charge in [-0.25, -0.2) is 0 Å². The summed E-state index contributed by atoms with van der Waals surface area (Å²) in [6.07, 6.45) is 3.84. The normalized spacial score (nSPS) is 13.9. The topological polar surface area (TPSA) is 61.4 Å². The highest BCUT2D eigenvalue weighted by molar-refractivity contribution is 6.33. The van der Waals surface area contributed by atoms with Crippen molar-refractivity contribution in [2.45, 2.75) is 32.7 Å². The maximum absolute atomic E-state index is 11.8. The van der Waals surface area contributed by atoms with Gasteiger partial charge in [-0.1, -0.05) is 61.9 Å². The number of fused-ring (bicyclic) bond motifs is 1. The van der Waals surface area contributed by atoms with Crippen LogP contribution in [0.5, 0.6) is 5.75 Å². The molecule has 1 aliphatic rings. The first-order valence-electron chi connectivity index (χ1n) is 8.71. The average Bonchev–Trinajstić information content (AvgIpc) is 2.63. The molecule has 0 radical (unpaired) electrons. The van der Waals surface area contributed by atoms with E-state index in [4.69, 9.17) is 11.6 Å². The molecule has 0 saturated carbocycles. The molecule has 136 valence electrons. The lowest BCUT2D eigenvalue weighted by molar-refractivity contribution is -0.119. The SMILES string of the molecule is CC(=O)NC(c1ccc(C(C)C)cc1)c1cc(Cl)c2c(c1O)NCC=C2. The number of phenols is 1. The molecule has 26 heavy (non-hydrogen) atoms. The van der Waals surface area contributed by atoms with Gasteiger partial charge in [0, 0.05) is 24.6 Å². The molecule has 1 aliphatic heterocycles. The Bertz CT molecular complexity index is 857. The quantitative estimate of drug-likeness (QED) is 0.675. The number of carbonyl (C=O) groups is 1. The number of hydrogen-bond donors (Lipinski definition) is 3. The van der Waals surface area contributed by atoms with Crippen LogP contribution >= 0.6 is 11.6 Å². The number of halogens is 1. The molecular formula is C21H23ClN2O2. The Hall–Kier alpha value is -2.46. The van der Waals surface area contributed by atoms with Crippen molar-refractivity contribution >= 4 is 29.3 Å². The molecule has 2 aromatic carbocycles. The monoisotopic (exact) mass is 370 g/mol. The van der Waals surface area contributed by atoms with E-state index in [0.29, 0.717) is 28.7 Å². The molecule has 0 bridgehead atoms. The first-order chi connectivity index (χ1) is 12.4. The summed E-state index contributed by atoms with van der Waals surface area (Å²) in [5.74, 6) is 0.357. The fraction of sp³-hybridized carbons (Fsp3) is 0.286. The molecule has 5 heteroatoms. The van der Waals surface area contributed by atoms with Gasteiger partial charge in [-0.15, -0.1) is 0 Å². The van der Waals surface area contributed by atoms with E-state index in [0.717, 1.165) is 11.1 Å². The van der Waals surface area contributed by atoms with Gasteiger partial charge >= 0.3 is 0 Å². The number of rotatable bonds is 4. The molecule has 1 amide bonds. The van der Waals surface area contributed by atoms with Gasteiger partial charge in [0.1, 0.15) is 5.75 Å². The Morgan fingerprint density at radius 2 is 1.88 bits per heavy atom. The minimum atomic E-state index is -0.482. The van der Waals surface area contributed by atoms with E-state index < -0.39 is 6.04 Å². The van der Waals surface area contributed by atoms with Gasteiger partial charge in [0.2, 0.25) is 5.91 Å². The number of amides is 1. The second kappa shape index (κ2) is 7.42. The summed E-state index contributed by atoms with van der Waals surface area (Å²) in [6, 6.07) is 9.31. The van der Waals surface area contributed by atoms with E-state index in [1.165, 1.54) is 12.5 Å². The highest BCUT2D eigenvalue weighted by atomic mass is 35.5.